The number of rotatable bonds is 5. The van der Waals surface area contributed by atoms with Crippen LogP contribution in [0.25, 0.3) is 0 Å². The van der Waals surface area contributed by atoms with E-state index in [-0.39, 0.29) is 17.7 Å². The van der Waals surface area contributed by atoms with E-state index in [2.05, 4.69) is 4.98 Å². The van der Waals surface area contributed by atoms with E-state index in [1.165, 1.54) is 0 Å². The predicted octanol–water partition coefficient (Wildman–Crippen LogP) is 3.42. The highest BCUT2D eigenvalue weighted by Crippen LogP contribution is 2.36. The second kappa shape index (κ2) is 9.50. The van der Waals surface area contributed by atoms with Crippen LogP contribution in [0.4, 0.5) is 0 Å². The Balaban J connectivity index is 1.46. The molecule has 2 aliphatic heterocycles. The molecule has 0 radical (unpaired) electrons. The van der Waals surface area contributed by atoms with Gasteiger partial charge in [-0.25, -0.2) is 0 Å². The molecule has 3 heterocycles. The quantitative estimate of drug-likeness (QED) is 0.742. The van der Waals surface area contributed by atoms with Crippen molar-refractivity contribution in [3.63, 3.8) is 0 Å². The van der Waals surface area contributed by atoms with Gasteiger partial charge in [-0.1, -0.05) is 18.2 Å². The summed E-state index contributed by atoms with van der Waals surface area (Å²) in [5, 5.41) is 0. The first-order chi connectivity index (χ1) is 15.0. The molecule has 2 fully saturated rings. The molecular formula is C25H31N3O3. The van der Waals surface area contributed by atoms with Gasteiger partial charge >= 0.3 is 0 Å². The topological polar surface area (TPSA) is 62.7 Å². The van der Waals surface area contributed by atoms with Crippen LogP contribution in [0.1, 0.15) is 35.8 Å². The summed E-state index contributed by atoms with van der Waals surface area (Å²) in [4.78, 5) is 33.0. The van der Waals surface area contributed by atoms with E-state index in [1.54, 1.807) is 13.1 Å². The third-order valence-electron chi connectivity index (χ3n) is 6.73. The van der Waals surface area contributed by atoms with Crippen LogP contribution in [-0.2, 0) is 4.79 Å². The van der Waals surface area contributed by atoms with Gasteiger partial charge in [0.2, 0.25) is 5.91 Å². The van der Waals surface area contributed by atoms with Crippen molar-refractivity contribution in [3.05, 3.63) is 59.9 Å². The summed E-state index contributed by atoms with van der Waals surface area (Å²) in [6.07, 6.45) is 3.65. The molecule has 0 spiro atoms. The van der Waals surface area contributed by atoms with Gasteiger partial charge in [-0.15, -0.1) is 0 Å². The molecule has 2 aliphatic rings. The molecule has 2 atom stereocenters. The molecule has 0 N–H and O–H groups in total. The van der Waals surface area contributed by atoms with Gasteiger partial charge in [0.25, 0.3) is 5.91 Å². The zero-order valence-electron chi connectivity index (χ0n) is 18.4. The monoisotopic (exact) mass is 421 g/mol. The lowest BCUT2D eigenvalue weighted by Crippen LogP contribution is -2.40. The third kappa shape index (κ3) is 5.06. The molecule has 4 rings (SSSR count). The fourth-order valence-electron chi connectivity index (χ4n) is 4.91. The van der Waals surface area contributed by atoms with Crippen molar-refractivity contribution in [2.45, 2.75) is 26.7 Å². The van der Waals surface area contributed by atoms with E-state index in [1.807, 2.05) is 59.2 Å². The largest absolute Gasteiger partial charge is 0.493 e. The average molecular weight is 422 g/mol. The molecule has 0 unspecified atom stereocenters. The number of pyridine rings is 1. The number of amides is 2. The van der Waals surface area contributed by atoms with E-state index in [4.69, 9.17) is 4.74 Å². The molecule has 0 saturated carbocycles. The van der Waals surface area contributed by atoms with E-state index in [0.29, 0.717) is 30.6 Å². The lowest BCUT2D eigenvalue weighted by molar-refractivity contribution is -0.130. The van der Waals surface area contributed by atoms with Crippen LogP contribution >= 0.6 is 0 Å². The fraction of sp³-hybridized carbons (Fsp3) is 0.480. The summed E-state index contributed by atoms with van der Waals surface area (Å²) >= 11 is 0. The Morgan fingerprint density at radius 2 is 1.77 bits per heavy atom. The van der Waals surface area contributed by atoms with Crippen LogP contribution in [-0.4, -0.2) is 59.4 Å². The molecule has 1 aromatic heterocycles. The zero-order valence-corrected chi connectivity index (χ0v) is 18.4. The van der Waals surface area contributed by atoms with E-state index >= 15 is 0 Å². The summed E-state index contributed by atoms with van der Waals surface area (Å²) in [6, 6.07) is 13.6. The lowest BCUT2D eigenvalue weighted by atomic mass is 9.78. The van der Waals surface area contributed by atoms with Gasteiger partial charge in [-0.05, 0) is 55.9 Å². The third-order valence-corrected chi connectivity index (χ3v) is 6.73. The van der Waals surface area contributed by atoms with Gasteiger partial charge in [0.1, 0.15) is 5.75 Å². The fourth-order valence-corrected chi connectivity index (χ4v) is 4.91. The number of aryl methyl sites for hydroxylation is 1. The second-order valence-electron chi connectivity index (χ2n) is 8.79. The number of likely N-dealkylation sites (tertiary alicyclic amines) is 2. The van der Waals surface area contributed by atoms with Crippen LogP contribution in [0.3, 0.4) is 0 Å². The molecule has 6 nitrogen and oxygen atoms in total. The average Bonchev–Trinajstić information content (AvgIpc) is 3.23. The Morgan fingerprint density at radius 1 is 1.03 bits per heavy atom. The second-order valence-corrected chi connectivity index (χ2v) is 8.79. The lowest BCUT2D eigenvalue weighted by Gasteiger charge is -2.36. The van der Waals surface area contributed by atoms with Crippen molar-refractivity contribution < 1.29 is 14.3 Å². The number of aromatic nitrogens is 1. The first kappa shape index (κ1) is 21.3. The van der Waals surface area contributed by atoms with Crippen LogP contribution < -0.4 is 4.74 Å². The summed E-state index contributed by atoms with van der Waals surface area (Å²) in [6.45, 7) is 7.19. The standard InChI is InChI=1S/C25H31N3O3/c1-18-8-9-21(14-26-18)25(30)28-15-22(17-31-23-6-4-3-5-7-23)24(16-28)20-10-12-27(13-11-20)19(2)29/h3-9,14,20,22,24H,10-13,15-17H2,1-2H3/t22-,24-/m0/s1. The number of para-hydroxylation sites is 1. The van der Waals surface area contributed by atoms with Crippen molar-refractivity contribution in [2.75, 3.05) is 32.8 Å². The summed E-state index contributed by atoms with van der Waals surface area (Å²) < 4.78 is 6.11. The summed E-state index contributed by atoms with van der Waals surface area (Å²) in [7, 11) is 0. The number of piperidine rings is 1. The van der Waals surface area contributed by atoms with Crippen molar-refractivity contribution >= 4 is 11.8 Å². The maximum Gasteiger partial charge on any atom is 0.255 e. The number of carbonyl (C=O) groups is 2. The number of benzene rings is 1. The highest BCUT2D eigenvalue weighted by atomic mass is 16.5. The predicted molar refractivity (Wildman–Crippen MR) is 119 cm³/mol. The van der Waals surface area contributed by atoms with Gasteiger partial charge in [0.15, 0.2) is 0 Å². The molecule has 2 amide bonds. The van der Waals surface area contributed by atoms with Crippen molar-refractivity contribution in [3.8, 4) is 5.75 Å². The van der Waals surface area contributed by atoms with Gasteiger partial charge in [0.05, 0.1) is 12.2 Å². The summed E-state index contributed by atoms with van der Waals surface area (Å²) in [5.41, 5.74) is 1.54. The van der Waals surface area contributed by atoms with Crippen molar-refractivity contribution in [2.24, 2.45) is 17.8 Å². The van der Waals surface area contributed by atoms with E-state index in [0.717, 1.165) is 43.9 Å². The normalized spacial score (nSPS) is 21.9. The number of carbonyl (C=O) groups excluding carboxylic acids is 2. The Bertz CT molecular complexity index is 892. The molecule has 2 saturated heterocycles. The highest BCUT2D eigenvalue weighted by molar-refractivity contribution is 5.94. The molecule has 0 aliphatic carbocycles. The molecule has 0 bridgehead atoms. The van der Waals surface area contributed by atoms with Crippen molar-refractivity contribution in [1.82, 2.24) is 14.8 Å². The Kier molecular flexibility index (Phi) is 6.54. The van der Waals surface area contributed by atoms with Crippen LogP contribution in [0.15, 0.2) is 48.7 Å². The van der Waals surface area contributed by atoms with E-state index in [9.17, 15) is 9.59 Å². The van der Waals surface area contributed by atoms with Gasteiger partial charge < -0.3 is 14.5 Å². The molecule has 2 aromatic rings. The molecule has 31 heavy (non-hydrogen) atoms. The molecule has 164 valence electrons. The molecule has 1 aromatic carbocycles. The van der Waals surface area contributed by atoms with Gasteiger partial charge in [-0.2, -0.15) is 0 Å². The first-order valence-corrected chi connectivity index (χ1v) is 11.2. The minimum atomic E-state index is 0.0425. The Labute approximate surface area is 184 Å². The minimum Gasteiger partial charge on any atom is -0.493 e. The Hall–Kier alpha value is -2.89. The van der Waals surface area contributed by atoms with Crippen molar-refractivity contribution in [1.29, 1.82) is 0 Å². The maximum atomic E-state index is 13.1. The smallest absolute Gasteiger partial charge is 0.255 e. The van der Waals surface area contributed by atoms with E-state index < -0.39 is 0 Å². The zero-order chi connectivity index (χ0) is 21.8. The minimum absolute atomic E-state index is 0.0425. The molecule has 6 heteroatoms. The van der Waals surface area contributed by atoms with Crippen LogP contribution in [0, 0.1) is 24.7 Å². The molecular weight excluding hydrogens is 390 g/mol. The summed E-state index contributed by atoms with van der Waals surface area (Å²) in [5.74, 6) is 2.20. The maximum absolute atomic E-state index is 13.1. The van der Waals surface area contributed by atoms with Crippen LogP contribution in [0.5, 0.6) is 5.75 Å². The number of hydrogen-bond acceptors (Lipinski definition) is 4. The highest BCUT2D eigenvalue weighted by Gasteiger charge is 2.41. The number of ether oxygens (including phenoxy) is 1. The van der Waals surface area contributed by atoms with Crippen LogP contribution in [0.2, 0.25) is 0 Å². The first-order valence-electron chi connectivity index (χ1n) is 11.2. The SMILES string of the molecule is CC(=O)N1CCC([C@@H]2CN(C(=O)c3ccc(C)nc3)C[C@H]2COc2ccccc2)CC1. The number of hydrogen-bond donors (Lipinski definition) is 0. The van der Waals surface area contributed by atoms with Gasteiger partial charge in [-0.3, -0.25) is 14.6 Å². The Morgan fingerprint density at radius 3 is 2.42 bits per heavy atom. The number of nitrogens with zero attached hydrogens (tertiary/aromatic N) is 3. The van der Waals surface area contributed by atoms with Gasteiger partial charge in [0, 0.05) is 50.9 Å².